The van der Waals surface area contributed by atoms with Crippen LogP contribution in [-0.2, 0) is 5.41 Å². The predicted molar refractivity (Wildman–Crippen MR) is 157 cm³/mol. The van der Waals surface area contributed by atoms with E-state index in [1.807, 2.05) is 0 Å². The molecule has 3 aromatic rings. The van der Waals surface area contributed by atoms with Crippen LogP contribution < -0.4 is 10.2 Å². The fraction of sp³-hybridized carbons (Fsp3) is 0.394. The zero-order valence-corrected chi connectivity index (χ0v) is 24.2. The molecule has 4 rings (SSSR count). The molecular weight excluding hydrogens is 438 g/mol. The SMILES string of the molecule is CC(C)C1=Cc2c(-c3ccc(C(C)(C)C)cc3)cccc2C1[Si](C)(NC(C)(C)C)c1ccccc1. The fourth-order valence-corrected chi connectivity index (χ4v) is 10.9. The van der Waals surface area contributed by atoms with Crippen LogP contribution in [0.2, 0.25) is 6.55 Å². The number of benzene rings is 3. The quantitative estimate of drug-likeness (QED) is 0.362. The largest absolute Gasteiger partial charge is 0.329 e. The number of rotatable bonds is 5. The summed E-state index contributed by atoms with van der Waals surface area (Å²) >= 11 is 0. The highest BCUT2D eigenvalue weighted by Gasteiger charge is 2.47. The molecular formula is C33H43NSi. The topological polar surface area (TPSA) is 12.0 Å². The molecule has 1 nitrogen and oxygen atoms in total. The van der Waals surface area contributed by atoms with E-state index in [2.05, 4.69) is 146 Å². The minimum atomic E-state index is -2.18. The summed E-state index contributed by atoms with van der Waals surface area (Å²) in [5.41, 5.74) is 9.09. The van der Waals surface area contributed by atoms with Gasteiger partial charge in [0.05, 0.1) is 0 Å². The van der Waals surface area contributed by atoms with Gasteiger partial charge < -0.3 is 4.98 Å². The Labute approximate surface area is 214 Å². The molecule has 2 heteroatoms. The Kier molecular flexibility index (Phi) is 6.76. The molecule has 0 radical (unpaired) electrons. The molecule has 0 aliphatic heterocycles. The van der Waals surface area contributed by atoms with Crippen molar-refractivity contribution in [2.24, 2.45) is 5.92 Å². The third-order valence-corrected chi connectivity index (χ3v) is 12.0. The van der Waals surface area contributed by atoms with Crippen molar-refractivity contribution in [3.63, 3.8) is 0 Å². The maximum Gasteiger partial charge on any atom is 0.166 e. The number of hydrogen-bond donors (Lipinski definition) is 1. The average molecular weight is 482 g/mol. The summed E-state index contributed by atoms with van der Waals surface area (Å²) in [6, 6.07) is 27.4. The van der Waals surface area contributed by atoms with E-state index in [4.69, 9.17) is 0 Å². The highest BCUT2D eigenvalue weighted by atomic mass is 28.3. The van der Waals surface area contributed by atoms with Crippen molar-refractivity contribution in [2.75, 3.05) is 0 Å². The van der Waals surface area contributed by atoms with Crippen molar-refractivity contribution in [3.8, 4) is 11.1 Å². The van der Waals surface area contributed by atoms with Crippen LogP contribution in [0.5, 0.6) is 0 Å². The Morgan fingerprint density at radius 2 is 1.40 bits per heavy atom. The van der Waals surface area contributed by atoms with Crippen LogP contribution in [0.3, 0.4) is 0 Å². The van der Waals surface area contributed by atoms with Crippen LogP contribution in [0.15, 0.2) is 78.4 Å². The fourth-order valence-electron chi connectivity index (χ4n) is 5.85. The lowest BCUT2D eigenvalue weighted by atomic mass is 9.86. The molecule has 1 aliphatic carbocycles. The Morgan fingerprint density at radius 3 is 1.94 bits per heavy atom. The van der Waals surface area contributed by atoms with Gasteiger partial charge in [0.25, 0.3) is 0 Å². The van der Waals surface area contributed by atoms with Crippen LogP contribution in [0.25, 0.3) is 17.2 Å². The molecule has 0 aromatic heterocycles. The summed E-state index contributed by atoms with van der Waals surface area (Å²) in [7, 11) is -2.18. The van der Waals surface area contributed by atoms with Gasteiger partial charge in [-0.1, -0.05) is 126 Å². The molecule has 184 valence electrons. The maximum atomic E-state index is 4.20. The zero-order valence-electron chi connectivity index (χ0n) is 23.2. The first kappa shape index (κ1) is 25.7. The molecule has 35 heavy (non-hydrogen) atoms. The lowest BCUT2D eigenvalue weighted by Crippen LogP contribution is -2.67. The second kappa shape index (κ2) is 9.22. The van der Waals surface area contributed by atoms with E-state index in [0.717, 1.165) is 0 Å². The second-order valence-electron chi connectivity index (χ2n) is 12.8. The number of hydrogen-bond acceptors (Lipinski definition) is 1. The van der Waals surface area contributed by atoms with Gasteiger partial charge in [-0.3, -0.25) is 0 Å². The van der Waals surface area contributed by atoms with Crippen LogP contribution in [0, 0.1) is 5.92 Å². The highest BCUT2D eigenvalue weighted by Crippen LogP contribution is 2.47. The van der Waals surface area contributed by atoms with E-state index in [0.29, 0.717) is 11.5 Å². The van der Waals surface area contributed by atoms with Crippen LogP contribution in [0.4, 0.5) is 0 Å². The van der Waals surface area contributed by atoms with Crippen molar-refractivity contribution in [1.82, 2.24) is 4.98 Å². The van der Waals surface area contributed by atoms with Gasteiger partial charge in [-0.05, 0) is 65.1 Å². The monoisotopic (exact) mass is 481 g/mol. The molecule has 1 N–H and O–H groups in total. The average Bonchev–Trinajstić information content (AvgIpc) is 3.19. The van der Waals surface area contributed by atoms with Crippen LogP contribution >= 0.6 is 0 Å². The number of nitrogens with one attached hydrogen (secondary N) is 1. The van der Waals surface area contributed by atoms with Crippen LogP contribution in [-0.4, -0.2) is 13.8 Å². The summed E-state index contributed by atoms with van der Waals surface area (Å²) in [4.78, 5) is 4.20. The normalized spacial score (nSPS) is 17.8. The van der Waals surface area contributed by atoms with Gasteiger partial charge >= 0.3 is 0 Å². The molecule has 0 amide bonds. The third kappa shape index (κ3) is 5.10. The lowest BCUT2D eigenvalue weighted by molar-refractivity contribution is 0.509. The van der Waals surface area contributed by atoms with Gasteiger partial charge in [-0.25, -0.2) is 0 Å². The lowest BCUT2D eigenvalue weighted by Gasteiger charge is -2.43. The molecule has 2 atom stereocenters. The van der Waals surface area contributed by atoms with Gasteiger partial charge in [0.2, 0.25) is 0 Å². The van der Waals surface area contributed by atoms with Gasteiger partial charge in [0.1, 0.15) is 0 Å². The predicted octanol–water partition coefficient (Wildman–Crippen LogP) is 8.20. The second-order valence-corrected chi connectivity index (χ2v) is 16.6. The van der Waals surface area contributed by atoms with Gasteiger partial charge in [-0.2, -0.15) is 0 Å². The van der Waals surface area contributed by atoms with Crippen molar-refractivity contribution in [3.05, 3.63) is 95.1 Å². The van der Waals surface area contributed by atoms with Crippen molar-refractivity contribution < 1.29 is 0 Å². The molecule has 0 saturated carbocycles. The summed E-state index contributed by atoms with van der Waals surface area (Å²) in [5.74, 6) is 0.487. The van der Waals surface area contributed by atoms with E-state index in [1.54, 1.807) is 5.57 Å². The Bertz CT molecular complexity index is 1210. The van der Waals surface area contributed by atoms with Crippen molar-refractivity contribution in [2.45, 2.75) is 78.4 Å². The standard InChI is InChI=1S/C33H43NSi/c1-23(2)29-22-30-27(24-18-20-25(21-19-24)32(3,4)5)16-13-17-28(30)31(29)35(9,34-33(6,7)8)26-14-11-10-12-15-26/h10-23,31,34H,1-9H3. The summed E-state index contributed by atoms with van der Waals surface area (Å²) in [6.45, 7) is 21.0. The molecule has 0 spiro atoms. The van der Waals surface area contributed by atoms with E-state index < -0.39 is 8.24 Å². The Hall–Kier alpha value is -2.42. The van der Waals surface area contributed by atoms with Crippen molar-refractivity contribution >= 4 is 19.5 Å². The summed E-state index contributed by atoms with van der Waals surface area (Å²) in [5, 5.41) is 1.47. The van der Waals surface area contributed by atoms with Gasteiger partial charge in [-0.15, -0.1) is 0 Å². The molecule has 1 aliphatic rings. The highest BCUT2D eigenvalue weighted by molar-refractivity contribution is 6.90. The van der Waals surface area contributed by atoms with Crippen molar-refractivity contribution in [1.29, 1.82) is 0 Å². The Balaban J connectivity index is 1.90. The first-order chi connectivity index (χ1) is 16.3. The van der Waals surface area contributed by atoms with Crippen LogP contribution in [0.1, 0.15) is 77.6 Å². The number of fused-ring (bicyclic) bond motifs is 1. The van der Waals surface area contributed by atoms with Gasteiger partial charge in [0, 0.05) is 11.1 Å². The summed E-state index contributed by atoms with van der Waals surface area (Å²) < 4.78 is 0. The molecule has 0 heterocycles. The minimum absolute atomic E-state index is 0.0298. The number of allylic oxidation sites excluding steroid dienone is 1. The maximum absolute atomic E-state index is 4.20. The van der Waals surface area contributed by atoms with E-state index in [-0.39, 0.29) is 11.0 Å². The third-order valence-electron chi connectivity index (χ3n) is 7.41. The van der Waals surface area contributed by atoms with E-state index in [1.165, 1.54) is 33.0 Å². The smallest absolute Gasteiger partial charge is 0.166 e. The van der Waals surface area contributed by atoms with E-state index in [9.17, 15) is 0 Å². The summed E-state index contributed by atoms with van der Waals surface area (Å²) in [6.07, 6.45) is 2.52. The zero-order chi connectivity index (χ0) is 25.6. The van der Waals surface area contributed by atoms with E-state index >= 15 is 0 Å². The Morgan fingerprint density at radius 1 is 0.771 bits per heavy atom. The first-order valence-corrected chi connectivity index (χ1v) is 15.7. The first-order valence-electron chi connectivity index (χ1n) is 13.1. The molecule has 3 aromatic carbocycles. The minimum Gasteiger partial charge on any atom is -0.329 e. The molecule has 0 saturated heterocycles. The molecule has 0 fully saturated rings. The molecule has 2 unspecified atom stereocenters. The van der Waals surface area contributed by atoms with Gasteiger partial charge in [0.15, 0.2) is 8.24 Å². The molecule has 0 bridgehead atoms.